The van der Waals surface area contributed by atoms with Crippen molar-refractivity contribution in [2.24, 2.45) is 5.92 Å². The highest BCUT2D eigenvalue weighted by Gasteiger charge is 2.23. The van der Waals surface area contributed by atoms with Gasteiger partial charge in [-0.3, -0.25) is 10.1 Å². The second-order valence-electron chi connectivity index (χ2n) is 5.42. The van der Waals surface area contributed by atoms with E-state index in [1.165, 1.54) is 25.7 Å². The molecule has 0 heterocycles. The quantitative estimate of drug-likeness (QED) is 0.448. The summed E-state index contributed by atoms with van der Waals surface area (Å²) in [6.07, 6.45) is 6.81. The average Bonchev–Trinajstić information content (AvgIpc) is 2.90. The minimum absolute atomic E-state index is 0.209. The van der Waals surface area contributed by atoms with Crippen LogP contribution in [0, 0.1) is 23.0 Å². The Hall–Kier alpha value is -1.09. The molecule has 1 aliphatic carbocycles. The van der Waals surface area contributed by atoms with Crippen LogP contribution < -0.4 is 0 Å². The van der Waals surface area contributed by atoms with Gasteiger partial charge in [0.1, 0.15) is 0 Å². The Morgan fingerprint density at radius 3 is 2.74 bits per heavy atom. The highest BCUT2D eigenvalue weighted by molar-refractivity contribution is 6.20. The van der Waals surface area contributed by atoms with Gasteiger partial charge in [0, 0.05) is 17.0 Å². The van der Waals surface area contributed by atoms with Crippen molar-refractivity contribution in [1.29, 1.82) is 0 Å². The molecular weight excluding hydrogens is 262 g/mol. The molecule has 1 saturated carbocycles. The molecule has 3 nitrogen and oxygen atoms in total. The predicted octanol–water partition coefficient (Wildman–Crippen LogP) is 4.63. The topological polar surface area (TPSA) is 43.1 Å². The maximum atomic E-state index is 10.9. The van der Waals surface area contributed by atoms with Crippen molar-refractivity contribution in [1.82, 2.24) is 0 Å². The maximum absolute atomic E-state index is 10.9. The molecule has 4 heteroatoms. The van der Waals surface area contributed by atoms with Gasteiger partial charge in [-0.05, 0) is 44.1 Å². The Balaban J connectivity index is 1.99. The molecule has 1 unspecified atom stereocenters. The summed E-state index contributed by atoms with van der Waals surface area (Å²) in [5.74, 6) is 0.640. The monoisotopic (exact) mass is 281 g/mol. The van der Waals surface area contributed by atoms with Gasteiger partial charge >= 0.3 is 0 Å². The smallest absolute Gasteiger partial charge is 0.258 e. The van der Waals surface area contributed by atoms with Crippen molar-refractivity contribution >= 4 is 17.3 Å². The Kier molecular flexibility index (Phi) is 4.81. The van der Waals surface area contributed by atoms with Gasteiger partial charge in [0.25, 0.3) is 5.69 Å². The predicted molar refractivity (Wildman–Crippen MR) is 77.8 cm³/mol. The summed E-state index contributed by atoms with van der Waals surface area (Å²) < 4.78 is 0. The summed E-state index contributed by atoms with van der Waals surface area (Å²) in [5, 5.41) is 11.1. The lowest BCUT2D eigenvalue weighted by Crippen LogP contribution is -2.12. The van der Waals surface area contributed by atoms with Crippen LogP contribution in [0.1, 0.15) is 43.2 Å². The average molecular weight is 282 g/mol. The zero-order valence-electron chi connectivity index (χ0n) is 11.3. The maximum Gasteiger partial charge on any atom is 0.272 e. The van der Waals surface area contributed by atoms with E-state index in [9.17, 15) is 10.1 Å². The molecule has 0 N–H and O–H groups in total. The van der Waals surface area contributed by atoms with Gasteiger partial charge in [-0.2, -0.15) is 0 Å². The van der Waals surface area contributed by atoms with Crippen LogP contribution in [-0.4, -0.2) is 10.3 Å². The molecule has 0 amide bonds. The van der Waals surface area contributed by atoms with Gasteiger partial charge in [0.15, 0.2) is 0 Å². The molecule has 2 rings (SSSR count). The fourth-order valence-electron chi connectivity index (χ4n) is 2.99. The third kappa shape index (κ3) is 3.47. The Labute approximate surface area is 119 Å². The standard InChI is InChI=1S/C15H20ClNO2/c1-11-12(7-4-8-15(11)17(18)19)9-10-14(16)13-5-2-3-6-13/h4,7-8,13-14H,2-3,5-6,9-10H2,1H3. The fourth-order valence-corrected chi connectivity index (χ4v) is 3.35. The van der Waals surface area contributed by atoms with Gasteiger partial charge in [-0.1, -0.05) is 25.0 Å². The Morgan fingerprint density at radius 2 is 2.11 bits per heavy atom. The number of benzene rings is 1. The van der Waals surface area contributed by atoms with Gasteiger partial charge in [0.05, 0.1) is 4.92 Å². The van der Waals surface area contributed by atoms with Crippen LogP contribution in [0.5, 0.6) is 0 Å². The number of nitro groups is 1. The lowest BCUT2D eigenvalue weighted by molar-refractivity contribution is -0.385. The van der Waals surface area contributed by atoms with Crippen molar-refractivity contribution < 1.29 is 4.92 Å². The first-order valence-electron chi connectivity index (χ1n) is 6.96. The van der Waals surface area contributed by atoms with Crippen molar-refractivity contribution in [2.75, 3.05) is 0 Å². The molecule has 1 fully saturated rings. The summed E-state index contributed by atoms with van der Waals surface area (Å²) in [4.78, 5) is 10.6. The summed E-state index contributed by atoms with van der Waals surface area (Å²) in [5.41, 5.74) is 2.05. The fraction of sp³-hybridized carbons (Fsp3) is 0.600. The Bertz CT molecular complexity index is 455. The van der Waals surface area contributed by atoms with Crippen molar-refractivity contribution in [3.63, 3.8) is 0 Å². The zero-order valence-corrected chi connectivity index (χ0v) is 12.0. The van der Waals surface area contributed by atoms with E-state index < -0.39 is 0 Å². The second kappa shape index (κ2) is 6.38. The van der Waals surface area contributed by atoms with E-state index in [2.05, 4.69) is 0 Å². The molecule has 104 valence electrons. The normalized spacial score (nSPS) is 17.6. The van der Waals surface area contributed by atoms with Gasteiger partial charge in [-0.15, -0.1) is 11.6 Å². The van der Waals surface area contributed by atoms with Crippen LogP contribution in [0.3, 0.4) is 0 Å². The van der Waals surface area contributed by atoms with Gasteiger partial charge < -0.3 is 0 Å². The molecular formula is C15H20ClNO2. The first kappa shape index (κ1) is 14.3. The third-order valence-electron chi connectivity index (χ3n) is 4.21. The number of nitrogens with zero attached hydrogens (tertiary/aromatic N) is 1. The summed E-state index contributed by atoms with van der Waals surface area (Å²) in [6, 6.07) is 5.30. The molecule has 1 atom stereocenters. The number of rotatable bonds is 5. The molecule has 0 bridgehead atoms. The third-order valence-corrected chi connectivity index (χ3v) is 4.79. The molecule has 0 radical (unpaired) electrons. The largest absolute Gasteiger partial charge is 0.272 e. The van der Waals surface area contributed by atoms with E-state index in [0.29, 0.717) is 5.92 Å². The van der Waals surface area contributed by atoms with Crippen LogP contribution in [0.2, 0.25) is 0 Å². The van der Waals surface area contributed by atoms with E-state index in [1.54, 1.807) is 12.1 Å². The number of hydrogen-bond donors (Lipinski definition) is 0. The first-order valence-corrected chi connectivity index (χ1v) is 7.40. The highest BCUT2D eigenvalue weighted by atomic mass is 35.5. The van der Waals surface area contributed by atoms with Crippen molar-refractivity contribution in [3.05, 3.63) is 39.4 Å². The molecule has 0 aliphatic heterocycles. The summed E-state index contributed by atoms with van der Waals surface area (Å²) in [6.45, 7) is 1.83. The Morgan fingerprint density at radius 1 is 1.42 bits per heavy atom. The minimum Gasteiger partial charge on any atom is -0.258 e. The number of halogens is 1. The summed E-state index contributed by atoms with van der Waals surface area (Å²) >= 11 is 6.46. The molecule has 0 saturated heterocycles. The molecule has 0 spiro atoms. The van der Waals surface area contributed by atoms with E-state index in [1.807, 2.05) is 13.0 Å². The van der Waals surface area contributed by atoms with Crippen LogP contribution in [0.25, 0.3) is 0 Å². The SMILES string of the molecule is Cc1c(CCC(Cl)C2CCCC2)cccc1[N+](=O)[O-]. The molecule has 19 heavy (non-hydrogen) atoms. The van der Waals surface area contributed by atoms with Crippen molar-refractivity contribution in [3.8, 4) is 0 Å². The van der Waals surface area contributed by atoms with E-state index in [4.69, 9.17) is 11.6 Å². The van der Waals surface area contributed by atoms with E-state index in [0.717, 1.165) is 24.0 Å². The number of alkyl halides is 1. The zero-order chi connectivity index (χ0) is 13.8. The molecule has 1 aliphatic rings. The van der Waals surface area contributed by atoms with E-state index in [-0.39, 0.29) is 16.0 Å². The van der Waals surface area contributed by atoms with Gasteiger partial charge in [0.2, 0.25) is 0 Å². The van der Waals surface area contributed by atoms with Crippen LogP contribution in [0.4, 0.5) is 5.69 Å². The number of hydrogen-bond acceptors (Lipinski definition) is 2. The van der Waals surface area contributed by atoms with Crippen LogP contribution in [-0.2, 0) is 6.42 Å². The van der Waals surface area contributed by atoms with Crippen LogP contribution in [0.15, 0.2) is 18.2 Å². The highest BCUT2D eigenvalue weighted by Crippen LogP contribution is 2.33. The lowest BCUT2D eigenvalue weighted by atomic mass is 9.95. The minimum atomic E-state index is -0.312. The molecule has 1 aromatic rings. The first-order chi connectivity index (χ1) is 9.09. The van der Waals surface area contributed by atoms with Crippen LogP contribution >= 0.6 is 11.6 Å². The lowest BCUT2D eigenvalue weighted by Gasteiger charge is -2.17. The molecule has 0 aromatic heterocycles. The number of aryl methyl sites for hydroxylation is 1. The van der Waals surface area contributed by atoms with Crippen molar-refractivity contribution in [2.45, 2.75) is 50.8 Å². The summed E-state index contributed by atoms with van der Waals surface area (Å²) in [7, 11) is 0. The molecule has 1 aromatic carbocycles. The second-order valence-corrected chi connectivity index (χ2v) is 5.98. The van der Waals surface area contributed by atoms with E-state index >= 15 is 0 Å². The van der Waals surface area contributed by atoms with Gasteiger partial charge in [-0.25, -0.2) is 0 Å². The number of nitro benzene ring substituents is 1.